The highest BCUT2D eigenvalue weighted by molar-refractivity contribution is 6.17. The average molecular weight is 503 g/mol. The maximum Gasteiger partial charge on any atom is 0.0556 e. The van der Waals surface area contributed by atoms with Crippen LogP contribution in [0.1, 0.15) is 11.1 Å². The Bertz CT molecular complexity index is 2080. The summed E-state index contributed by atoms with van der Waals surface area (Å²) in [5, 5.41) is 4.72. The first kappa shape index (κ1) is 22.8. The maximum atomic E-state index is 7.03. The number of nitrogens with zero attached hydrogens (tertiary/aromatic N) is 2. The molecule has 0 fully saturated rings. The molecule has 4 N–H and O–H groups in total. The Morgan fingerprint density at radius 2 is 1.38 bits per heavy atom. The Hall–Kier alpha value is -5.35. The van der Waals surface area contributed by atoms with E-state index in [0.717, 1.165) is 49.9 Å². The quantitative estimate of drug-likeness (QED) is 0.146. The van der Waals surface area contributed by atoms with Crippen molar-refractivity contribution in [2.24, 2.45) is 5.73 Å². The molecule has 0 saturated heterocycles. The van der Waals surface area contributed by atoms with Gasteiger partial charge in [0.1, 0.15) is 0 Å². The number of aromatic nitrogens is 2. The van der Waals surface area contributed by atoms with Crippen LogP contribution in [0.15, 0.2) is 134 Å². The number of hydrogen-bond donors (Lipinski definition) is 2. The molecule has 0 aliphatic rings. The van der Waals surface area contributed by atoms with Gasteiger partial charge in [-0.25, -0.2) is 0 Å². The van der Waals surface area contributed by atoms with Gasteiger partial charge in [0, 0.05) is 45.4 Å². The number of hydrogen-bond acceptors (Lipinski definition) is 3. The van der Waals surface area contributed by atoms with Gasteiger partial charge < -0.3 is 15.9 Å². The monoisotopic (exact) mass is 502 g/mol. The van der Waals surface area contributed by atoms with Crippen LogP contribution in [0.4, 0.5) is 5.69 Å². The summed E-state index contributed by atoms with van der Waals surface area (Å²) < 4.78 is 2.34. The third kappa shape index (κ3) is 3.57. The highest BCUT2D eigenvalue weighted by Crippen LogP contribution is 2.41. The van der Waals surface area contributed by atoms with Crippen LogP contribution in [0.25, 0.3) is 54.8 Å². The molecule has 4 aromatic carbocycles. The van der Waals surface area contributed by atoms with Crippen LogP contribution in [0.3, 0.4) is 0 Å². The second-order valence-electron chi connectivity index (χ2n) is 9.64. The summed E-state index contributed by atoms with van der Waals surface area (Å²) in [6.07, 6.45) is 9.07. The summed E-state index contributed by atoms with van der Waals surface area (Å²) in [5.41, 5.74) is 22.1. The van der Waals surface area contributed by atoms with Gasteiger partial charge in [-0.15, -0.1) is 0 Å². The zero-order chi connectivity index (χ0) is 26.3. The fourth-order valence-electron chi connectivity index (χ4n) is 5.80. The molecule has 0 spiro atoms. The molecule has 0 saturated carbocycles. The van der Waals surface area contributed by atoms with Gasteiger partial charge in [0.2, 0.25) is 0 Å². The number of nitrogens with two attached hydrogens (primary N) is 2. The van der Waals surface area contributed by atoms with E-state index in [0.29, 0.717) is 0 Å². The molecule has 3 heterocycles. The van der Waals surface area contributed by atoms with E-state index in [1.807, 2.05) is 24.4 Å². The average Bonchev–Trinajstić information content (AvgIpc) is 3.40. The summed E-state index contributed by atoms with van der Waals surface area (Å²) in [6, 6.07) is 36.1. The fraction of sp³-hybridized carbons (Fsp3) is 0. The lowest BCUT2D eigenvalue weighted by Gasteiger charge is -2.16. The van der Waals surface area contributed by atoms with Crippen molar-refractivity contribution in [3.63, 3.8) is 0 Å². The smallest absolute Gasteiger partial charge is 0.0556 e. The van der Waals surface area contributed by atoms with Crippen molar-refractivity contribution in [2.45, 2.75) is 0 Å². The zero-order valence-corrected chi connectivity index (χ0v) is 21.3. The van der Waals surface area contributed by atoms with Crippen LogP contribution < -0.4 is 11.5 Å². The first-order chi connectivity index (χ1) is 19.3. The van der Waals surface area contributed by atoms with Gasteiger partial charge in [0.05, 0.1) is 16.6 Å². The Kier molecular flexibility index (Phi) is 5.38. The van der Waals surface area contributed by atoms with Crippen LogP contribution in [0.2, 0.25) is 0 Å². The third-order valence-electron chi connectivity index (χ3n) is 7.52. The maximum absolute atomic E-state index is 7.03. The van der Waals surface area contributed by atoms with Crippen molar-refractivity contribution < 1.29 is 0 Å². The molecule has 186 valence electrons. The van der Waals surface area contributed by atoms with Crippen molar-refractivity contribution in [3.05, 3.63) is 145 Å². The fourth-order valence-corrected chi connectivity index (χ4v) is 5.80. The lowest BCUT2D eigenvalue weighted by molar-refractivity contribution is 1.31. The summed E-state index contributed by atoms with van der Waals surface area (Å²) in [5.74, 6) is 0. The summed E-state index contributed by atoms with van der Waals surface area (Å²) in [4.78, 5) is 4.35. The summed E-state index contributed by atoms with van der Waals surface area (Å²) in [7, 11) is 0. The number of fused-ring (bicyclic) bond motifs is 8. The number of para-hydroxylation sites is 1. The number of benzene rings is 4. The van der Waals surface area contributed by atoms with Crippen molar-refractivity contribution in [3.8, 4) is 11.1 Å². The molecule has 0 aliphatic carbocycles. The van der Waals surface area contributed by atoms with E-state index in [2.05, 4.69) is 106 Å². The van der Waals surface area contributed by atoms with Crippen molar-refractivity contribution in [1.29, 1.82) is 0 Å². The van der Waals surface area contributed by atoms with Crippen LogP contribution in [0, 0.1) is 0 Å². The van der Waals surface area contributed by atoms with Gasteiger partial charge in [0.25, 0.3) is 0 Å². The Labute approximate surface area is 226 Å². The molecule has 0 unspecified atom stereocenters. The second kappa shape index (κ2) is 9.19. The van der Waals surface area contributed by atoms with Gasteiger partial charge >= 0.3 is 0 Å². The van der Waals surface area contributed by atoms with Gasteiger partial charge in [0.15, 0.2) is 0 Å². The lowest BCUT2D eigenvalue weighted by Crippen LogP contribution is -1.97. The normalized spacial score (nSPS) is 12.4. The Morgan fingerprint density at radius 1 is 0.667 bits per heavy atom. The molecule has 4 heteroatoms. The van der Waals surface area contributed by atoms with Gasteiger partial charge in [-0.3, -0.25) is 4.98 Å². The lowest BCUT2D eigenvalue weighted by atomic mass is 9.89. The molecule has 0 amide bonds. The molecule has 4 nitrogen and oxygen atoms in total. The van der Waals surface area contributed by atoms with E-state index in [1.165, 1.54) is 21.7 Å². The Balaban J connectivity index is 1.52. The van der Waals surface area contributed by atoms with Crippen molar-refractivity contribution in [1.82, 2.24) is 9.38 Å². The molecule has 7 rings (SSSR count). The van der Waals surface area contributed by atoms with E-state index < -0.39 is 0 Å². The molecule has 39 heavy (non-hydrogen) atoms. The van der Waals surface area contributed by atoms with Gasteiger partial charge in [-0.1, -0.05) is 84.9 Å². The predicted molar refractivity (Wildman–Crippen MR) is 164 cm³/mol. The molecular formula is C35H26N4. The number of anilines is 1. The van der Waals surface area contributed by atoms with Crippen molar-refractivity contribution >= 4 is 49.4 Å². The minimum Gasteiger partial charge on any atom is -0.405 e. The highest BCUT2D eigenvalue weighted by Gasteiger charge is 2.18. The van der Waals surface area contributed by atoms with Crippen LogP contribution in [0.5, 0.6) is 0 Å². The van der Waals surface area contributed by atoms with E-state index in [4.69, 9.17) is 11.5 Å². The van der Waals surface area contributed by atoms with Gasteiger partial charge in [-0.2, -0.15) is 0 Å². The first-order valence-corrected chi connectivity index (χ1v) is 13.0. The number of nitrogen functional groups attached to an aromatic ring is 1. The van der Waals surface area contributed by atoms with Gasteiger partial charge in [-0.05, 0) is 58.6 Å². The van der Waals surface area contributed by atoms with E-state index >= 15 is 0 Å². The standard InChI is InChI=1S/C35H26N4/c36-19-7-15-24(23-9-8-20-38-22-23)25-10-1-2-11-26(25)30-17-18-33-31(35(30)37)21-34-29-14-4-3-12-27(29)28-13-5-6-16-32(28)39(33)34/h1-22H,36-37H2/b19-7-,24-15?. The Morgan fingerprint density at radius 3 is 2.18 bits per heavy atom. The summed E-state index contributed by atoms with van der Waals surface area (Å²) >= 11 is 0. The topological polar surface area (TPSA) is 69.3 Å². The molecule has 0 radical (unpaired) electrons. The highest BCUT2D eigenvalue weighted by atomic mass is 14.9. The molecule has 0 aliphatic heterocycles. The molecule has 0 bridgehead atoms. The largest absolute Gasteiger partial charge is 0.405 e. The van der Waals surface area contributed by atoms with Crippen molar-refractivity contribution in [2.75, 3.05) is 5.73 Å². The van der Waals surface area contributed by atoms with E-state index in [-0.39, 0.29) is 0 Å². The SMILES string of the molecule is N/C=C\C=C(c1cccnc1)c1ccccc1-c1ccc2c(cc3c4ccccc4c4ccccc4n23)c1N. The van der Waals surface area contributed by atoms with E-state index in [1.54, 1.807) is 12.4 Å². The van der Waals surface area contributed by atoms with E-state index in [9.17, 15) is 0 Å². The molecule has 3 aromatic heterocycles. The van der Waals surface area contributed by atoms with Crippen LogP contribution >= 0.6 is 0 Å². The summed E-state index contributed by atoms with van der Waals surface area (Å²) in [6.45, 7) is 0. The molecule has 7 aromatic rings. The number of allylic oxidation sites excluding steroid dienone is 2. The van der Waals surface area contributed by atoms with Crippen LogP contribution in [-0.4, -0.2) is 9.38 Å². The van der Waals surface area contributed by atoms with Crippen LogP contribution in [-0.2, 0) is 0 Å². The predicted octanol–water partition coefficient (Wildman–Crippen LogP) is 7.95. The molecular weight excluding hydrogens is 476 g/mol. The number of pyridine rings is 2. The minimum absolute atomic E-state index is 0.761. The second-order valence-corrected chi connectivity index (χ2v) is 9.64. The third-order valence-corrected chi connectivity index (χ3v) is 7.52. The zero-order valence-electron chi connectivity index (χ0n) is 21.3. The number of rotatable bonds is 4. The minimum atomic E-state index is 0.761. The first-order valence-electron chi connectivity index (χ1n) is 13.0. The molecule has 0 atom stereocenters.